The highest BCUT2D eigenvalue weighted by atomic mass is 79.9. The Labute approximate surface area is 149 Å². The van der Waals surface area contributed by atoms with Gasteiger partial charge in [0.05, 0.1) is 12.8 Å². The number of amides is 1. The lowest BCUT2D eigenvalue weighted by Gasteiger charge is -2.10. The van der Waals surface area contributed by atoms with Gasteiger partial charge in [-0.15, -0.1) is 0 Å². The van der Waals surface area contributed by atoms with Crippen LogP contribution in [0.1, 0.15) is 5.56 Å². The van der Waals surface area contributed by atoms with Crippen LogP contribution in [0.2, 0.25) is 0 Å². The topological polar surface area (TPSA) is 74.1 Å². The molecule has 0 heterocycles. The number of benzene rings is 2. The molecule has 0 saturated carbocycles. The molecular formula is C18H16BrN3O2. The molecule has 0 spiro atoms. The summed E-state index contributed by atoms with van der Waals surface area (Å²) in [6.45, 7) is 1.93. The molecule has 0 aliphatic heterocycles. The number of ether oxygens (including phenoxy) is 1. The van der Waals surface area contributed by atoms with E-state index in [2.05, 4.69) is 26.6 Å². The Kier molecular flexibility index (Phi) is 5.99. The van der Waals surface area contributed by atoms with Crippen molar-refractivity contribution in [2.75, 3.05) is 17.7 Å². The van der Waals surface area contributed by atoms with Crippen LogP contribution in [0, 0.1) is 18.3 Å². The summed E-state index contributed by atoms with van der Waals surface area (Å²) in [7, 11) is 1.52. The number of halogens is 1. The van der Waals surface area contributed by atoms with Gasteiger partial charge in [-0.25, -0.2) is 0 Å². The van der Waals surface area contributed by atoms with Crippen LogP contribution in [0.15, 0.2) is 58.7 Å². The molecule has 0 aliphatic carbocycles. The van der Waals surface area contributed by atoms with Crippen LogP contribution in [-0.4, -0.2) is 13.0 Å². The number of carbonyl (C=O) groups excluding carboxylic acids is 1. The Morgan fingerprint density at radius 2 is 2.00 bits per heavy atom. The first-order valence-electron chi connectivity index (χ1n) is 7.12. The molecule has 2 N–H and O–H groups in total. The first kappa shape index (κ1) is 17.6. The van der Waals surface area contributed by atoms with E-state index in [9.17, 15) is 10.1 Å². The molecule has 0 saturated heterocycles. The highest BCUT2D eigenvalue weighted by Gasteiger charge is 2.12. The normalized spacial score (nSPS) is 10.7. The van der Waals surface area contributed by atoms with Crippen LogP contribution in [0.5, 0.6) is 5.75 Å². The predicted octanol–water partition coefficient (Wildman–Crippen LogP) is 4.22. The highest BCUT2D eigenvalue weighted by Crippen LogP contribution is 2.24. The third-order valence-corrected chi connectivity index (χ3v) is 3.77. The van der Waals surface area contributed by atoms with Crippen LogP contribution in [0.4, 0.5) is 11.4 Å². The first-order valence-corrected chi connectivity index (χ1v) is 7.91. The number of methoxy groups -OCH3 is 1. The van der Waals surface area contributed by atoms with Crippen molar-refractivity contribution in [3.63, 3.8) is 0 Å². The van der Waals surface area contributed by atoms with Crippen molar-refractivity contribution in [2.45, 2.75) is 6.92 Å². The van der Waals surface area contributed by atoms with E-state index in [1.165, 1.54) is 13.3 Å². The van der Waals surface area contributed by atoms with Gasteiger partial charge in [0.25, 0.3) is 5.91 Å². The summed E-state index contributed by atoms with van der Waals surface area (Å²) < 4.78 is 6.14. The Morgan fingerprint density at radius 1 is 1.25 bits per heavy atom. The molecule has 0 radical (unpaired) electrons. The molecule has 122 valence electrons. The fourth-order valence-corrected chi connectivity index (χ4v) is 2.50. The maximum atomic E-state index is 12.3. The van der Waals surface area contributed by atoms with E-state index in [-0.39, 0.29) is 5.57 Å². The Balaban J connectivity index is 2.15. The van der Waals surface area contributed by atoms with Crippen LogP contribution in [-0.2, 0) is 4.79 Å². The number of anilines is 2. The largest absolute Gasteiger partial charge is 0.495 e. The molecule has 0 atom stereocenters. The van der Waals surface area contributed by atoms with Gasteiger partial charge < -0.3 is 15.4 Å². The third kappa shape index (κ3) is 4.37. The van der Waals surface area contributed by atoms with Crippen molar-refractivity contribution in [1.29, 1.82) is 5.26 Å². The molecule has 6 heteroatoms. The van der Waals surface area contributed by atoms with Crippen molar-refractivity contribution in [3.8, 4) is 11.8 Å². The minimum absolute atomic E-state index is 0.0387. The van der Waals surface area contributed by atoms with Gasteiger partial charge in [0.15, 0.2) is 0 Å². The van der Waals surface area contributed by atoms with E-state index in [0.29, 0.717) is 11.4 Å². The van der Waals surface area contributed by atoms with Gasteiger partial charge in [-0.05, 0) is 42.8 Å². The second-order valence-electron chi connectivity index (χ2n) is 4.93. The second kappa shape index (κ2) is 8.18. The van der Waals surface area contributed by atoms with Gasteiger partial charge in [-0.1, -0.05) is 28.1 Å². The Hall–Kier alpha value is -2.78. The van der Waals surface area contributed by atoms with Crippen LogP contribution in [0.3, 0.4) is 0 Å². The molecule has 2 aromatic rings. The molecule has 2 aromatic carbocycles. The summed E-state index contributed by atoms with van der Waals surface area (Å²) in [4.78, 5) is 12.3. The highest BCUT2D eigenvalue weighted by molar-refractivity contribution is 9.10. The predicted molar refractivity (Wildman–Crippen MR) is 97.8 cm³/mol. The molecule has 0 fully saturated rings. The zero-order chi connectivity index (χ0) is 17.5. The fraction of sp³-hybridized carbons (Fsp3) is 0.111. The number of para-hydroxylation sites is 2. The number of nitrogens with zero attached hydrogens (tertiary/aromatic N) is 1. The van der Waals surface area contributed by atoms with E-state index < -0.39 is 5.91 Å². The minimum atomic E-state index is -0.510. The number of hydrogen-bond acceptors (Lipinski definition) is 4. The van der Waals surface area contributed by atoms with Crippen LogP contribution >= 0.6 is 15.9 Å². The van der Waals surface area contributed by atoms with Gasteiger partial charge in [0.2, 0.25) is 0 Å². The number of rotatable bonds is 5. The average molecular weight is 386 g/mol. The zero-order valence-electron chi connectivity index (χ0n) is 13.3. The van der Waals surface area contributed by atoms with E-state index in [0.717, 1.165) is 15.7 Å². The molecule has 0 aliphatic rings. The van der Waals surface area contributed by atoms with E-state index in [4.69, 9.17) is 4.74 Å². The number of nitriles is 1. The quantitative estimate of drug-likeness (QED) is 0.596. The zero-order valence-corrected chi connectivity index (χ0v) is 14.8. The standard InChI is InChI=1S/C18H16BrN3O2/c1-12-9-14(19)7-8-15(12)21-11-13(10-20)18(23)22-16-5-3-4-6-17(16)24-2/h3-9,11,21H,1-2H3,(H,22,23)/b13-11-. The van der Waals surface area contributed by atoms with Gasteiger partial charge in [0.1, 0.15) is 17.4 Å². The monoisotopic (exact) mass is 385 g/mol. The SMILES string of the molecule is COc1ccccc1NC(=O)/C(C#N)=C\Nc1ccc(Br)cc1C. The van der Waals surface area contributed by atoms with Crippen LogP contribution in [0.25, 0.3) is 0 Å². The molecular weight excluding hydrogens is 370 g/mol. The van der Waals surface area contributed by atoms with E-state index >= 15 is 0 Å². The number of aryl methyl sites for hydroxylation is 1. The molecule has 0 bridgehead atoms. The van der Waals surface area contributed by atoms with Crippen molar-refractivity contribution in [1.82, 2.24) is 0 Å². The number of carbonyl (C=O) groups is 1. The van der Waals surface area contributed by atoms with Gasteiger partial charge in [-0.3, -0.25) is 4.79 Å². The maximum Gasteiger partial charge on any atom is 0.267 e. The summed E-state index contributed by atoms with van der Waals surface area (Å²) in [5.41, 5.74) is 2.27. The average Bonchev–Trinajstić information content (AvgIpc) is 2.57. The molecule has 1 amide bonds. The lowest BCUT2D eigenvalue weighted by atomic mass is 10.2. The smallest absolute Gasteiger partial charge is 0.267 e. The number of nitrogens with one attached hydrogen (secondary N) is 2. The van der Waals surface area contributed by atoms with Crippen LogP contribution < -0.4 is 15.4 Å². The van der Waals surface area contributed by atoms with E-state index in [1.54, 1.807) is 24.3 Å². The number of hydrogen-bond donors (Lipinski definition) is 2. The van der Waals surface area contributed by atoms with Crippen molar-refractivity contribution in [3.05, 3.63) is 64.3 Å². The Bertz CT molecular complexity index is 825. The van der Waals surface area contributed by atoms with Gasteiger partial charge in [-0.2, -0.15) is 5.26 Å². The molecule has 0 unspecified atom stereocenters. The summed E-state index contributed by atoms with van der Waals surface area (Å²) in [5, 5.41) is 14.9. The molecule has 5 nitrogen and oxygen atoms in total. The summed E-state index contributed by atoms with van der Waals surface area (Å²) in [5.74, 6) is 0.0177. The maximum absolute atomic E-state index is 12.3. The summed E-state index contributed by atoms with van der Waals surface area (Å²) in [6.07, 6.45) is 1.39. The third-order valence-electron chi connectivity index (χ3n) is 3.28. The molecule has 0 aromatic heterocycles. The lowest BCUT2D eigenvalue weighted by molar-refractivity contribution is -0.112. The van der Waals surface area contributed by atoms with Crippen molar-refractivity contribution >= 4 is 33.2 Å². The molecule has 24 heavy (non-hydrogen) atoms. The first-order chi connectivity index (χ1) is 11.5. The van der Waals surface area contributed by atoms with Gasteiger partial charge >= 0.3 is 0 Å². The second-order valence-corrected chi connectivity index (χ2v) is 5.84. The summed E-state index contributed by atoms with van der Waals surface area (Å²) >= 11 is 3.39. The lowest BCUT2D eigenvalue weighted by Crippen LogP contribution is -2.15. The van der Waals surface area contributed by atoms with E-state index in [1.807, 2.05) is 31.2 Å². The molecule has 2 rings (SSSR count). The fourth-order valence-electron chi connectivity index (χ4n) is 2.03. The Morgan fingerprint density at radius 3 is 2.67 bits per heavy atom. The minimum Gasteiger partial charge on any atom is -0.495 e. The van der Waals surface area contributed by atoms with Gasteiger partial charge in [0, 0.05) is 16.4 Å². The summed E-state index contributed by atoms with van der Waals surface area (Å²) in [6, 6.07) is 14.6. The van der Waals surface area contributed by atoms with Crippen molar-refractivity contribution in [2.24, 2.45) is 0 Å². The van der Waals surface area contributed by atoms with Crippen molar-refractivity contribution < 1.29 is 9.53 Å².